The number of ether oxygens (including phenoxy) is 2. The minimum atomic E-state index is -3.08. The molecular formula is C26H30O3P2. The van der Waals surface area contributed by atoms with Crippen molar-refractivity contribution in [2.24, 2.45) is 0 Å². The molecule has 162 valence electrons. The van der Waals surface area contributed by atoms with Gasteiger partial charge in [0.05, 0.1) is 14.2 Å². The van der Waals surface area contributed by atoms with E-state index in [1.165, 1.54) is 18.1 Å². The van der Waals surface area contributed by atoms with Gasteiger partial charge in [-0.25, -0.2) is 0 Å². The Morgan fingerprint density at radius 3 is 1.65 bits per heavy atom. The minimum Gasteiger partial charge on any atom is -0.497 e. The summed E-state index contributed by atoms with van der Waals surface area (Å²) in [5, 5.41) is 3.95. The third-order valence-corrected chi connectivity index (χ3v) is 13.0. The molecule has 0 bridgehead atoms. The van der Waals surface area contributed by atoms with Crippen molar-refractivity contribution in [3.05, 3.63) is 72.8 Å². The van der Waals surface area contributed by atoms with Gasteiger partial charge in [0.15, 0.2) is 7.14 Å². The molecule has 1 aliphatic heterocycles. The summed E-state index contributed by atoms with van der Waals surface area (Å²) in [6, 6.07) is 23.9. The summed E-state index contributed by atoms with van der Waals surface area (Å²) in [5.41, 5.74) is 1.29. The van der Waals surface area contributed by atoms with Gasteiger partial charge in [0, 0.05) is 15.9 Å². The summed E-state index contributed by atoms with van der Waals surface area (Å²) in [4.78, 5) is 0. The third kappa shape index (κ3) is 4.07. The fourth-order valence-electron chi connectivity index (χ4n) is 4.63. The average molecular weight is 452 g/mol. The lowest BCUT2D eigenvalue weighted by Gasteiger charge is -2.29. The Bertz CT molecular complexity index is 1020. The average Bonchev–Trinajstić information content (AvgIpc) is 3.16. The summed E-state index contributed by atoms with van der Waals surface area (Å²) in [5.74, 6) is 1.53. The van der Waals surface area contributed by atoms with Crippen LogP contribution in [-0.4, -0.2) is 25.5 Å². The Morgan fingerprint density at radius 1 is 0.742 bits per heavy atom. The summed E-state index contributed by atoms with van der Waals surface area (Å²) >= 11 is 0. The van der Waals surface area contributed by atoms with Crippen LogP contribution < -0.4 is 30.7 Å². The summed E-state index contributed by atoms with van der Waals surface area (Å²) in [6.07, 6.45) is 2.49. The van der Waals surface area contributed by atoms with Gasteiger partial charge < -0.3 is 14.0 Å². The molecule has 1 fully saturated rings. The predicted molar refractivity (Wildman–Crippen MR) is 134 cm³/mol. The standard InChI is InChI=1S/C26H30O3P2/c1-19-9-10-20(2)30(19)25-7-5-6-8-26(25)31(27,23-15-11-21(28-3)12-16-23)24-17-13-22(29-4)14-18-24/h5-8,11-20H,9-10H2,1-4H3/t19-,20-/m1/s1. The van der Waals surface area contributed by atoms with E-state index in [2.05, 4.69) is 32.0 Å². The zero-order valence-electron chi connectivity index (χ0n) is 18.6. The normalized spacial score (nSPS) is 19.4. The van der Waals surface area contributed by atoms with Gasteiger partial charge in [-0.3, -0.25) is 0 Å². The number of benzene rings is 3. The quantitative estimate of drug-likeness (QED) is 0.493. The molecule has 3 nitrogen and oxygen atoms in total. The third-order valence-electron chi connectivity index (χ3n) is 6.32. The van der Waals surface area contributed by atoms with Crippen molar-refractivity contribution in [1.29, 1.82) is 0 Å². The van der Waals surface area contributed by atoms with Crippen LogP contribution in [0.3, 0.4) is 0 Å². The van der Waals surface area contributed by atoms with E-state index >= 15 is 4.57 Å². The molecule has 3 aromatic rings. The highest BCUT2D eigenvalue weighted by molar-refractivity contribution is 7.87. The Hall–Kier alpha value is -2.08. The number of hydrogen-bond acceptors (Lipinski definition) is 3. The number of rotatable bonds is 6. The second-order valence-corrected chi connectivity index (χ2v) is 14.0. The lowest BCUT2D eigenvalue weighted by Crippen LogP contribution is -2.34. The Morgan fingerprint density at radius 2 is 1.19 bits per heavy atom. The zero-order valence-corrected chi connectivity index (χ0v) is 20.4. The highest BCUT2D eigenvalue weighted by Crippen LogP contribution is 2.56. The predicted octanol–water partition coefficient (Wildman–Crippen LogP) is 5.02. The molecule has 1 saturated heterocycles. The van der Waals surface area contributed by atoms with E-state index in [1.54, 1.807) is 14.2 Å². The van der Waals surface area contributed by atoms with Gasteiger partial charge in [0.2, 0.25) is 0 Å². The van der Waals surface area contributed by atoms with Crippen LogP contribution in [0.5, 0.6) is 11.5 Å². The van der Waals surface area contributed by atoms with Crippen LogP contribution in [0.25, 0.3) is 0 Å². The highest BCUT2D eigenvalue weighted by atomic mass is 31.2. The van der Waals surface area contributed by atoms with Crippen molar-refractivity contribution in [3.8, 4) is 11.5 Å². The number of methoxy groups -OCH3 is 2. The fraction of sp³-hybridized carbons (Fsp3) is 0.308. The minimum absolute atomic E-state index is 0.369. The largest absolute Gasteiger partial charge is 0.497 e. The van der Waals surface area contributed by atoms with E-state index in [0.717, 1.165) is 27.4 Å². The van der Waals surface area contributed by atoms with Crippen LogP contribution in [-0.2, 0) is 4.57 Å². The number of hydrogen-bond donors (Lipinski definition) is 0. The summed E-state index contributed by atoms with van der Waals surface area (Å²) < 4.78 is 25.8. The smallest absolute Gasteiger partial charge is 0.171 e. The molecule has 5 heteroatoms. The SMILES string of the molecule is COc1ccc(P(=O)(c2ccc(OC)cc2)c2ccccc2P2[C@H](C)CC[C@H]2C)cc1. The first-order valence-electron chi connectivity index (χ1n) is 10.8. The van der Waals surface area contributed by atoms with Crippen molar-refractivity contribution in [1.82, 2.24) is 0 Å². The first-order chi connectivity index (χ1) is 15.0. The molecule has 0 aliphatic carbocycles. The summed E-state index contributed by atoms with van der Waals surface area (Å²) in [7, 11) is -0.141. The van der Waals surface area contributed by atoms with Crippen LogP contribution in [0.1, 0.15) is 26.7 Å². The van der Waals surface area contributed by atoms with E-state index in [-0.39, 0.29) is 7.92 Å². The Labute approximate surface area is 186 Å². The molecule has 0 saturated carbocycles. The highest BCUT2D eigenvalue weighted by Gasteiger charge is 2.38. The van der Waals surface area contributed by atoms with Gasteiger partial charge in [0.1, 0.15) is 11.5 Å². The van der Waals surface area contributed by atoms with Crippen LogP contribution in [0, 0.1) is 0 Å². The molecule has 0 spiro atoms. The second-order valence-electron chi connectivity index (χ2n) is 8.18. The molecule has 0 radical (unpaired) electrons. The molecule has 1 heterocycles. The maximum atomic E-state index is 15.1. The molecule has 31 heavy (non-hydrogen) atoms. The van der Waals surface area contributed by atoms with Crippen molar-refractivity contribution in [2.45, 2.75) is 38.0 Å². The molecule has 2 atom stereocenters. The van der Waals surface area contributed by atoms with Gasteiger partial charge in [-0.1, -0.05) is 46.0 Å². The fourth-order valence-corrected chi connectivity index (χ4v) is 11.4. The first kappa shape index (κ1) is 22.1. The Kier molecular flexibility index (Phi) is 6.56. The lowest BCUT2D eigenvalue weighted by molar-refractivity contribution is 0.415. The molecule has 3 aromatic carbocycles. The van der Waals surface area contributed by atoms with Gasteiger partial charge in [-0.2, -0.15) is 0 Å². The van der Waals surface area contributed by atoms with Crippen molar-refractivity contribution >= 4 is 36.3 Å². The van der Waals surface area contributed by atoms with Crippen molar-refractivity contribution < 1.29 is 14.0 Å². The molecule has 0 amide bonds. The van der Waals surface area contributed by atoms with Crippen LogP contribution in [0.4, 0.5) is 0 Å². The maximum absolute atomic E-state index is 15.1. The molecule has 0 N–H and O–H groups in total. The molecule has 1 aliphatic rings. The van der Waals surface area contributed by atoms with E-state index < -0.39 is 7.14 Å². The van der Waals surface area contributed by atoms with E-state index in [4.69, 9.17) is 9.47 Å². The van der Waals surface area contributed by atoms with Gasteiger partial charge in [-0.05, 0) is 78.0 Å². The molecule has 0 aromatic heterocycles. The molecule has 4 rings (SSSR count). The van der Waals surface area contributed by atoms with Crippen LogP contribution >= 0.6 is 15.1 Å². The summed E-state index contributed by atoms with van der Waals surface area (Å²) in [6.45, 7) is 4.72. The Balaban J connectivity index is 1.94. The van der Waals surface area contributed by atoms with E-state index in [1.807, 2.05) is 54.6 Å². The van der Waals surface area contributed by atoms with Crippen molar-refractivity contribution in [3.63, 3.8) is 0 Å². The van der Waals surface area contributed by atoms with E-state index in [9.17, 15) is 0 Å². The van der Waals surface area contributed by atoms with Crippen molar-refractivity contribution in [2.75, 3.05) is 14.2 Å². The molecular weight excluding hydrogens is 422 g/mol. The van der Waals surface area contributed by atoms with Gasteiger partial charge >= 0.3 is 0 Å². The van der Waals surface area contributed by atoms with Gasteiger partial charge in [-0.15, -0.1) is 0 Å². The topological polar surface area (TPSA) is 35.5 Å². The molecule has 0 unspecified atom stereocenters. The second kappa shape index (κ2) is 9.19. The van der Waals surface area contributed by atoms with Gasteiger partial charge in [0.25, 0.3) is 0 Å². The monoisotopic (exact) mass is 452 g/mol. The first-order valence-corrected chi connectivity index (χ1v) is 13.9. The van der Waals surface area contributed by atoms with Crippen LogP contribution in [0.2, 0.25) is 0 Å². The lowest BCUT2D eigenvalue weighted by atomic mass is 10.2. The van der Waals surface area contributed by atoms with Crippen LogP contribution in [0.15, 0.2) is 72.8 Å². The zero-order chi connectivity index (χ0) is 22.0. The van der Waals surface area contributed by atoms with E-state index in [0.29, 0.717) is 11.3 Å². The maximum Gasteiger partial charge on any atom is 0.171 e.